The van der Waals surface area contributed by atoms with Crippen molar-refractivity contribution in [2.45, 2.75) is 6.61 Å². The zero-order valence-corrected chi connectivity index (χ0v) is 13.2. The van der Waals surface area contributed by atoms with E-state index >= 15 is 0 Å². The first-order valence-electron chi connectivity index (χ1n) is 7.28. The van der Waals surface area contributed by atoms with Gasteiger partial charge in [-0.05, 0) is 23.8 Å². The van der Waals surface area contributed by atoms with Crippen molar-refractivity contribution in [3.05, 3.63) is 88.2 Å². The maximum Gasteiger partial charge on any atom is 0.116 e. The van der Waals surface area contributed by atoms with Gasteiger partial charge in [0.1, 0.15) is 18.4 Å². The summed E-state index contributed by atoms with van der Waals surface area (Å²) in [4.78, 5) is 0. The van der Waals surface area contributed by atoms with E-state index in [0.29, 0.717) is 23.7 Å². The molecule has 2 aromatic carbocycles. The molecule has 0 fully saturated rings. The number of nitrogens with one attached hydrogen (secondary N) is 1. The lowest BCUT2D eigenvalue weighted by atomic mass is 10.0. The van der Waals surface area contributed by atoms with Gasteiger partial charge < -0.3 is 10.1 Å². The number of nitrogens with zero attached hydrogens (tertiary/aromatic N) is 1. The van der Waals surface area contributed by atoms with Crippen LogP contribution < -0.4 is 5.32 Å². The predicted octanol–water partition coefficient (Wildman–Crippen LogP) is 4.26. The summed E-state index contributed by atoms with van der Waals surface area (Å²) in [5, 5.41) is 13.0. The highest BCUT2D eigenvalue weighted by atomic mass is 35.5. The Balaban J connectivity index is 1.74. The van der Waals surface area contributed by atoms with Gasteiger partial charge in [-0.15, -0.1) is 0 Å². The number of rotatable bonds is 4. The van der Waals surface area contributed by atoms with Gasteiger partial charge in [-0.3, -0.25) is 0 Å². The summed E-state index contributed by atoms with van der Waals surface area (Å²) in [5.74, 6) is 0.859. The number of halogens is 1. The average Bonchev–Trinajstić information content (AvgIpc) is 2.61. The molecule has 23 heavy (non-hydrogen) atoms. The minimum Gasteiger partial charge on any atom is -0.491 e. The second-order valence-electron chi connectivity index (χ2n) is 5.12. The summed E-state index contributed by atoms with van der Waals surface area (Å²) in [6, 6.07) is 17.6. The molecule has 1 N–H and O–H groups in total. The number of hydrogen-bond donors (Lipinski definition) is 1. The van der Waals surface area contributed by atoms with Gasteiger partial charge in [0.15, 0.2) is 0 Å². The van der Waals surface area contributed by atoms with Crippen LogP contribution in [-0.2, 0) is 11.3 Å². The second-order valence-corrected chi connectivity index (χ2v) is 5.52. The zero-order chi connectivity index (χ0) is 16.1. The third-order valence-electron chi connectivity index (χ3n) is 3.57. The van der Waals surface area contributed by atoms with E-state index < -0.39 is 0 Å². The monoisotopic (exact) mass is 322 g/mol. The summed E-state index contributed by atoms with van der Waals surface area (Å²) < 4.78 is 5.80. The molecule has 0 spiro atoms. The SMILES string of the molecule is N#Cc1c(Cl)cccc1C1=CC=C(OCc2ccccc2)CN1. The van der Waals surface area contributed by atoms with Crippen molar-refractivity contribution in [2.24, 2.45) is 0 Å². The van der Waals surface area contributed by atoms with Gasteiger partial charge in [-0.25, -0.2) is 0 Å². The second kappa shape index (κ2) is 7.04. The molecule has 1 aliphatic rings. The molecule has 3 nitrogen and oxygen atoms in total. The maximum absolute atomic E-state index is 9.26. The van der Waals surface area contributed by atoms with Crippen LogP contribution in [0.3, 0.4) is 0 Å². The minimum atomic E-state index is 0.461. The van der Waals surface area contributed by atoms with Gasteiger partial charge in [-0.2, -0.15) is 5.26 Å². The van der Waals surface area contributed by atoms with E-state index in [2.05, 4.69) is 11.4 Å². The Hall–Kier alpha value is -2.70. The molecule has 4 heteroatoms. The highest BCUT2D eigenvalue weighted by Crippen LogP contribution is 2.25. The number of dihydropyridines is 1. The fourth-order valence-corrected chi connectivity index (χ4v) is 2.59. The number of ether oxygens (including phenoxy) is 1. The standard InChI is InChI=1S/C19H15ClN2O/c20-18-8-4-7-16(17(18)11-21)19-10-9-15(12-22-19)23-13-14-5-2-1-3-6-14/h1-10,22H,12-13H2. The Morgan fingerprint density at radius 1 is 1.09 bits per heavy atom. The quantitative estimate of drug-likeness (QED) is 0.915. The molecular weight excluding hydrogens is 308 g/mol. The maximum atomic E-state index is 9.26. The molecule has 0 amide bonds. The van der Waals surface area contributed by atoms with Gasteiger partial charge in [0, 0.05) is 11.3 Å². The molecule has 0 saturated carbocycles. The van der Waals surface area contributed by atoms with Crippen molar-refractivity contribution in [3.8, 4) is 6.07 Å². The molecule has 0 radical (unpaired) electrons. The molecule has 0 aliphatic carbocycles. The lowest BCUT2D eigenvalue weighted by Crippen LogP contribution is -2.20. The van der Waals surface area contributed by atoms with Crippen LogP contribution in [0, 0.1) is 11.3 Å². The first-order valence-corrected chi connectivity index (χ1v) is 7.66. The van der Waals surface area contributed by atoms with Crippen LogP contribution in [0.1, 0.15) is 16.7 Å². The first-order chi connectivity index (χ1) is 11.3. The van der Waals surface area contributed by atoms with Gasteiger partial charge in [0.2, 0.25) is 0 Å². The third-order valence-corrected chi connectivity index (χ3v) is 3.89. The van der Waals surface area contributed by atoms with Crippen LogP contribution in [0.4, 0.5) is 0 Å². The summed E-state index contributed by atoms with van der Waals surface area (Å²) >= 11 is 6.08. The fourth-order valence-electron chi connectivity index (χ4n) is 2.37. The lowest BCUT2D eigenvalue weighted by molar-refractivity contribution is 0.193. The van der Waals surface area contributed by atoms with Crippen LogP contribution in [0.25, 0.3) is 5.70 Å². The normalized spacial score (nSPS) is 13.4. The van der Waals surface area contributed by atoms with Crippen LogP contribution >= 0.6 is 11.6 Å². The van der Waals surface area contributed by atoms with Crippen LogP contribution in [0.15, 0.2) is 66.4 Å². The smallest absolute Gasteiger partial charge is 0.116 e. The zero-order valence-electron chi connectivity index (χ0n) is 12.4. The Labute approximate surface area is 140 Å². The van der Waals surface area contributed by atoms with E-state index in [-0.39, 0.29) is 0 Å². The van der Waals surface area contributed by atoms with Gasteiger partial charge in [-0.1, -0.05) is 54.1 Å². The fraction of sp³-hybridized carbons (Fsp3) is 0.105. The molecule has 1 heterocycles. The van der Waals surface area contributed by atoms with Crippen molar-refractivity contribution < 1.29 is 4.74 Å². The Kier molecular flexibility index (Phi) is 4.65. The number of benzene rings is 2. The largest absolute Gasteiger partial charge is 0.491 e. The third kappa shape index (κ3) is 3.56. The van der Waals surface area contributed by atoms with E-state index in [1.807, 2.05) is 54.6 Å². The molecule has 114 valence electrons. The predicted molar refractivity (Wildman–Crippen MR) is 91.5 cm³/mol. The molecule has 2 aromatic rings. The number of nitriles is 1. The lowest BCUT2D eigenvalue weighted by Gasteiger charge is -2.19. The topological polar surface area (TPSA) is 45.0 Å². The minimum absolute atomic E-state index is 0.461. The van der Waals surface area contributed by atoms with Gasteiger partial charge >= 0.3 is 0 Å². The van der Waals surface area contributed by atoms with Gasteiger partial charge in [0.05, 0.1) is 17.1 Å². The van der Waals surface area contributed by atoms with Crippen LogP contribution in [-0.4, -0.2) is 6.54 Å². The van der Waals surface area contributed by atoms with E-state index in [1.54, 1.807) is 6.07 Å². The Bertz CT molecular complexity index is 804. The summed E-state index contributed by atoms with van der Waals surface area (Å²) in [7, 11) is 0. The molecule has 1 aliphatic heterocycles. The van der Waals surface area contributed by atoms with Crippen LogP contribution in [0.5, 0.6) is 0 Å². The van der Waals surface area contributed by atoms with Crippen molar-refractivity contribution >= 4 is 17.3 Å². The average molecular weight is 323 g/mol. The summed E-state index contributed by atoms with van der Waals surface area (Å²) in [5.41, 5.74) is 3.29. The summed E-state index contributed by atoms with van der Waals surface area (Å²) in [6.45, 7) is 1.12. The number of allylic oxidation sites excluding steroid dienone is 2. The van der Waals surface area contributed by atoms with Gasteiger partial charge in [0.25, 0.3) is 0 Å². The van der Waals surface area contributed by atoms with E-state index in [1.165, 1.54) is 0 Å². The van der Waals surface area contributed by atoms with Crippen molar-refractivity contribution in [1.82, 2.24) is 5.32 Å². The highest BCUT2D eigenvalue weighted by molar-refractivity contribution is 6.32. The molecule has 0 aromatic heterocycles. The highest BCUT2D eigenvalue weighted by Gasteiger charge is 2.13. The molecule has 3 rings (SSSR count). The van der Waals surface area contributed by atoms with E-state index in [0.717, 1.165) is 22.6 Å². The van der Waals surface area contributed by atoms with E-state index in [4.69, 9.17) is 16.3 Å². The van der Waals surface area contributed by atoms with E-state index in [9.17, 15) is 5.26 Å². The first kappa shape index (κ1) is 15.2. The molecule has 0 unspecified atom stereocenters. The van der Waals surface area contributed by atoms with Crippen molar-refractivity contribution in [1.29, 1.82) is 5.26 Å². The summed E-state index contributed by atoms with van der Waals surface area (Å²) in [6.07, 6.45) is 3.84. The Morgan fingerprint density at radius 2 is 1.91 bits per heavy atom. The number of hydrogen-bond acceptors (Lipinski definition) is 3. The molecule has 0 bridgehead atoms. The Morgan fingerprint density at radius 3 is 2.61 bits per heavy atom. The van der Waals surface area contributed by atoms with Crippen molar-refractivity contribution in [3.63, 3.8) is 0 Å². The van der Waals surface area contributed by atoms with Crippen molar-refractivity contribution in [2.75, 3.05) is 6.54 Å². The molecule has 0 saturated heterocycles. The molecule has 0 atom stereocenters. The molecular formula is C19H15ClN2O. The van der Waals surface area contributed by atoms with Crippen LogP contribution in [0.2, 0.25) is 5.02 Å².